The third-order valence-electron chi connectivity index (χ3n) is 3.08. The Hall–Kier alpha value is -1.51. The topological polar surface area (TPSA) is 92.9 Å². The first kappa shape index (κ1) is 16.9. The Bertz CT molecular complexity index is 808. The summed E-state index contributed by atoms with van der Waals surface area (Å²) < 4.78 is 3.02. The quantitative estimate of drug-likeness (QED) is 0.457. The van der Waals surface area contributed by atoms with Crippen LogP contribution in [-0.4, -0.2) is 41.9 Å². The minimum absolute atomic E-state index is 0.126. The van der Waals surface area contributed by atoms with E-state index in [9.17, 15) is 14.7 Å². The van der Waals surface area contributed by atoms with Crippen molar-refractivity contribution in [2.45, 2.75) is 24.7 Å². The molecular formula is C13H17ClN4O3S. The Morgan fingerprint density at radius 1 is 1.50 bits per heavy atom. The van der Waals surface area contributed by atoms with E-state index >= 15 is 0 Å². The standard InChI is InChI=1S/C13H17ClN4O3S/c1-3-4-5-18-9-10(17(2)12(21)16-11(9)20)15-13(18)22-7-8(19)6-14/h3-4,8,19H,5-7H2,1-2H3,(H,16,20,21)/b4-3+/t8-/m0/s1. The van der Waals surface area contributed by atoms with Gasteiger partial charge in [0.1, 0.15) is 0 Å². The van der Waals surface area contributed by atoms with Gasteiger partial charge >= 0.3 is 5.69 Å². The molecule has 0 aliphatic heterocycles. The van der Waals surface area contributed by atoms with Crippen LogP contribution < -0.4 is 11.2 Å². The molecule has 1 atom stereocenters. The SMILES string of the molecule is C/C=C/Cn1c(SC[C@@H](O)CCl)nc2c1c(=O)[nH]c(=O)n2C. The van der Waals surface area contributed by atoms with Crippen LogP contribution >= 0.6 is 23.4 Å². The molecule has 0 aromatic carbocycles. The first-order valence-corrected chi connectivity index (χ1v) is 8.19. The Morgan fingerprint density at radius 3 is 2.86 bits per heavy atom. The molecule has 0 saturated heterocycles. The Labute approximate surface area is 135 Å². The summed E-state index contributed by atoms with van der Waals surface area (Å²) in [7, 11) is 1.55. The first-order chi connectivity index (χ1) is 10.5. The highest BCUT2D eigenvalue weighted by Gasteiger charge is 2.17. The van der Waals surface area contributed by atoms with Crippen molar-refractivity contribution >= 4 is 34.5 Å². The molecule has 120 valence electrons. The zero-order chi connectivity index (χ0) is 16.3. The van der Waals surface area contributed by atoms with Crippen molar-refractivity contribution in [2.24, 2.45) is 7.05 Å². The number of rotatable bonds is 6. The number of thioether (sulfide) groups is 1. The van der Waals surface area contributed by atoms with E-state index in [0.717, 1.165) is 0 Å². The number of aromatic amines is 1. The van der Waals surface area contributed by atoms with E-state index in [0.29, 0.717) is 28.6 Å². The summed E-state index contributed by atoms with van der Waals surface area (Å²) in [5.41, 5.74) is -0.324. The van der Waals surface area contributed by atoms with Crippen LogP contribution in [0.25, 0.3) is 11.2 Å². The number of hydrogen-bond donors (Lipinski definition) is 2. The zero-order valence-corrected chi connectivity index (χ0v) is 13.8. The van der Waals surface area contributed by atoms with Crippen LogP contribution in [0.4, 0.5) is 0 Å². The fourth-order valence-corrected chi connectivity index (χ4v) is 3.09. The first-order valence-electron chi connectivity index (χ1n) is 6.67. The number of aryl methyl sites for hydroxylation is 1. The van der Waals surface area contributed by atoms with Crippen LogP contribution in [0.2, 0.25) is 0 Å². The number of hydrogen-bond acceptors (Lipinski definition) is 5. The molecule has 2 N–H and O–H groups in total. The lowest BCUT2D eigenvalue weighted by molar-refractivity contribution is 0.223. The number of fused-ring (bicyclic) bond motifs is 1. The van der Waals surface area contributed by atoms with Gasteiger partial charge in [0.2, 0.25) is 0 Å². The van der Waals surface area contributed by atoms with Gasteiger partial charge in [0, 0.05) is 25.2 Å². The van der Waals surface area contributed by atoms with E-state index < -0.39 is 17.4 Å². The monoisotopic (exact) mass is 344 g/mol. The largest absolute Gasteiger partial charge is 0.391 e. The van der Waals surface area contributed by atoms with Crippen molar-refractivity contribution in [3.8, 4) is 0 Å². The van der Waals surface area contributed by atoms with E-state index in [4.69, 9.17) is 11.6 Å². The number of aliphatic hydroxyl groups is 1. The molecule has 2 aromatic rings. The van der Waals surface area contributed by atoms with Gasteiger partial charge in [-0.2, -0.15) is 0 Å². The van der Waals surface area contributed by atoms with Crippen molar-refractivity contribution in [3.05, 3.63) is 33.0 Å². The molecule has 0 saturated carbocycles. The van der Waals surface area contributed by atoms with Gasteiger partial charge in [0.05, 0.1) is 6.10 Å². The molecule has 0 radical (unpaired) electrons. The minimum Gasteiger partial charge on any atom is -0.391 e. The lowest BCUT2D eigenvalue weighted by atomic mass is 10.4. The van der Waals surface area contributed by atoms with Crippen LogP contribution in [0.15, 0.2) is 26.9 Å². The lowest BCUT2D eigenvalue weighted by Crippen LogP contribution is -2.29. The second-order valence-electron chi connectivity index (χ2n) is 4.68. The summed E-state index contributed by atoms with van der Waals surface area (Å²) >= 11 is 6.88. The molecule has 0 spiro atoms. The fraction of sp³-hybridized carbons (Fsp3) is 0.462. The normalized spacial score (nSPS) is 13.3. The van der Waals surface area contributed by atoms with Gasteiger partial charge in [-0.3, -0.25) is 14.3 Å². The molecular weight excluding hydrogens is 328 g/mol. The van der Waals surface area contributed by atoms with Crippen LogP contribution in [0.5, 0.6) is 0 Å². The maximum Gasteiger partial charge on any atom is 0.329 e. The molecule has 0 aliphatic carbocycles. The number of H-pyrrole nitrogens is 1. The van der Waals surface area contributed by atoms with Crippen molar-refractivity contribution in [1.82, 2.24) is 19.1 Å². The van der Waals surface area contributed by atoms with Crippen molar-refractivity contribution in [1.29, 1.82) is 0 Å². The van der Waals surface area contributed by atoms with E-state index in [-0.39, 0.29) is 5.88 Å². The van der Waals surface area contributed by atoms with E-state index in [2.05, 4.69) is 9.97 Å². The summed E-state index contributed by atoms with van der Waals surface area (Å²) in [5, 5.41) is 10.1. The Morgan fingerprint density at radius 2 is 2.23 bits per heavy atom. The van der Waals surface area contributed by atoms with Crippen LogP contribution in [-0.2, 0) is 13.6 Å². The number of nitrogens with one attached hydrogen (secondary N) is 1. The molecule has 0 amide bonds. The van der Waals surface area contributed by atoms with E-state index in [1.165, 1.54) is 16.3 Å². The molecule has 22 heavy (non-hydrogen) atoms. The van der Waals surface area contributed by atoms with Crippen LogP contribution in [0.3, 0.4) is 0 Å². The average molecular weight is 345 g/mol. The highest BCUT2D eigenvalue weighted by molar-refractivity contribution is 7.99. The molecule has 2 heterocycles. The van der Waals surface area contributed by atoms with Crippen LogP contribution in [0.1, 0.15) is 6.92 Å². The third-order valence-corrected chi connectivity index (χ3v) is 4.56. The van der Waals surface area contributed by atoms with Gasteiger partial charge in [-0.05, 0) is 6.92 Å². The number of alkyl halides is 1. The Balaban J connectivity index is 2.59. The van der Waals surface area contributed by atoms with Crippen LogP contribution in [0, 0.1) is 0 Å². The predicted molar refractivity (Wildman–Crippen MR) is 87.9 cm³/mol. The number of halogens is 1. The molecule has 0 bridgehead atoms. The molecule has 7 nitrogen and oxygen atoms in total. The summed E-state index contributed by atoms with van der Waals surface area (Å²) in [4.78, 5) is 30.4. The summed E-state index contributed by atoms with van der Waals surface area (Å²) in [6, 6.07) is 0. The fourth-order valence-electron chi connectivity index (χ4n) is 1.92. The van der Waals surface area contributed by atoms with Gasteiger partial charge in [0.25, 0.3) is 5.56 Å². The van der Waals surface area contributed by atoms with Gasteiger partial charge in [0.15, 0.2) is 16.3 Å². The number of aromatic nitrogens is 4. The molecule has 2 rings (SSSR count). The Kier molecular flexibility index (Phi) is 5.49. The molecule has 9 heteroatoms. The zero-order valence-electron chi connectivity index (χ0n) is 12.2. The van der Waals surface area contributed by atoms with Gasteiger partial charge in [-0.15, -0.1) is 11.6 Å². The van der Waals surface area contributed by atoms with Gasteiger partial charge < -0.3 is 9.67 Å². The van der Waals surface area contributed by atoms with Crippen molar-refractivity contribution < 1.29 is 5.11 Å². The number of aliphatic hydroxyl groups excluding tert-OH is 1. The number of nitrogens with zero attached hydrogens (tertiary/aromatic N) is 3. The molecule has 2 aromatic heterocycles. The van der Waals surface area contributed by atoms with E-state index in [1.807, 2.05) is 19.1 Å². The van der Waals surface area contributed by atoms with Crippen molar-refractivity contribution in [3.63, 3.8) is 0 Å². The third kappa shape index (κ3) is 3.29. The number of imidazole rings is 1. The predicted octanol–water partition coefficient (Wildman–Crippen LogP) is 0.691. The maximum absolute atomic E-state index is 12.1. The highest BCUT2D eigenvalue weighted by atomic mass is 35.5. The minimum atomic E-state index is -0.663. The second kappa shape index (κ2) is 7.17. The average Bonchev–Trinajstić information content (AvgIpc) is 2.87. The maximum atomic E-state index is 12.1. The molecule has 0 fully saturated rings. The molecule has 0 aliphatic rings. The lowest BCUT2D eigenvalue weighted by Gasteiger charge is -2.07. The summed E-state index contributed by atoms with van der Waals surface area (Å²) in [6.07, 6.45) is 3.08. The van der Waals surface area contributed by atoms with Gasteiger partial charge in [-0.1, -0.05) is 23.9 Å². The highest BCUT2D eigenvalue weighted by Crippen LogP contribution is 2.22. The second-order valence-corrected chi connectivity index (χ2v) is 5.98. The summed E-state index contributed by atoms with van der Waals surface area (Å²) in [5.74, 6) is 0.482. The smallest absolute Gasteiger partial charge is 0.329 e. The van der Waals surface area contributed by atoms with E-state index in [1.54, 1.807) is 11.6 Å². The number of allylic oxidation sites excluding steroid dienone is 2. The summed E-state index contributed by atoms with van der Waals surface area (Å²) in [6.45, 7) is 2.33. The molecule has 0 unspecified atom stereocenters. The van der Waals surface area contributed by atoms with Gasteiger partial charge in [-0.25, -0.2) is 9.78 Å². The van der Waals surface area contributed by atoms with Crippen molar-refractivity contribution in [2.75, 3.05) is 11.6 Å².